The lowest BCUT2D eigenvalue weighted by Gasteiger charge is -2.28. The first kappa shape index (κ1) is 19.1. The van der Waals surface area contributed by atoms with Crippen molar-refractivity contribution < 1.29 is 62.4 Å². The molecule has 110 valence electrons. The summed E-state index contributed by atoms with van der Waals surface area (Å²) in [6.07, 6.45) is 2.17. The first-order valence-corrected chi connectivity index (χ1v) is 7.98. The van der Waals surface area contributed by atoms with E-state index in [1.165, 1.54) is 22.9 Å². The Labute approximate surface area is 126 Å². The van der Waals surface area contributed by atoms with E-state index in [-0.39, 0.29) is 29.5 Å². The molecule has 0 saturated carbocycles. The number of nitrogens with zero attached hydrogens (tertiary/aromatic N) is 1. The summed E-state index contributed by atoms with van der Waals surface area (Å²) in [6.45, 7) is 0. The molecule has 0 saturated heterocycles. The molecule has 0 spiro atoms. The highest BCUT2D eigenvalue weighted by Gasteiger charge is 2.59. The van der Waals surface area contributed by atoms with Crippen LogP contribution in [-0.4, -0.2) is 29.8 Å². The van der Waals surface area contributed by atoms with Crippen LogP contribution in [0.4, 0.5) is 0 Å². The van der Waals surface area contributed by atoms with Crippen molar-refractivity contribution >= 4 is 15.2 Å². The van der Waals surface area contributed by atoms with Crippen LogP contribution in [0.3, 0.4) is 0 Å². The minimum absolute atomic E-state index is 0. The van der Waals surface area contributed by atoms with Gasteiger partial charge in [-0.1, -0.05) is 0 Å². The highest BCUT2D eigenvalue weighted by molar-refractivity contribution is 7.72. The third-order valence-corrected chi connectivity index (χ3v) is 6.12. The largest absolute Gasteiger partial charge is 1.00 e. The van der Waals surface area contributed by atoms with Gasteiger partial charge in [0.15, 0.2) is 12.4 Å². The van der Waals surface area contributed by atoms with Gasteiger partial charge < -0.3 is 48.7 Å². The molecule has 0 radical (unpaired) electrons. The van der Waals surface area contributed by atoms with Crippen LogP contribution in [0.1, 0.15) is 5.56 Å². The van der Waals surface area contributed by atoms with Gasteiger partial charge in [0.2, 0.25) is 0 Å². The lowest BCUT2D eigenvalue weighted by Crippen LogP contribution is -3.00. The summed E-state index contributed by atoms with van der Waals surface area (Å²) in [5.41, 5.74) is 0.189. The molecule has 1 heterocycles. The zero-order chi connectivity index (χ0) is 14.2. The maximum absolute atomic E-state index is 11.1. The Balaban J connectivity index is 0.00000324. The van der Waals surface area contributed by atoms with Gasteiger partial charge in [0.1, 0.15) is 7.05 Å². The Morgan fingerprint density at radius 1 is 1.21 bits per heavy atom. The van der Waals surface area contributed by atoms with Crippen molar-refractivity contribution in [2.75, 3.05) is 0 Å². The van der Waals surface area contributed by atoms with E-state index in [9.17, 15) is 14.2 Å². The summed E-state index contributed by atoms with van der Waals surface area (Å²) in [7, 11) is -9.19. The number of aliphatic hydroxyl groups is 1. The maximum atomic E-state index is 11.1. The summed E-state index contributed by atoms with van der Waals surface area (Å²) in [5.74, 6) is 0. The van der Waals surface area contributed by atoms with Crippen molar-refractivity contribution in [2.45, 2.75) is 11.5 Å². The van der Waals surface area contributed by atoms with Crippen LogP contribution in [-0.2, 0) is 22.6 Å². The second-order valence-electron chi connectivity index (χ2n) is 3.92. The fourth-order valence-corrected chi connectivity index (χ4v) is 3.54. The van der Waals surface area contributed by atoms with Gasteiger partial charge in [-0.05, 0) is 6.07 Å². The molecule has 5 N–H and O–H groups in total. The summed E-state index contributed by atoms with van der Waals surface area (Å²) in [6, 6.07) is 2.92. The minimum atomic E-state index is -5.41. The van der Waals surface area contributed by atoms with Crippen molar-refractivity contribution in [3.8, 4) is 0 Å². The second-order valence-corrected chi connectivity index (χ2v) is 7.93. The van der Waals surface area contributed by atoms with Crippen molar-refractivity contribution in [3.63, 3.8) is 0 Å². The van der Waals surface area contributed by atoms with E-state index in [0.717, 1.165) is 0 Å². The normalized spacial score (nSPS) is 12.9. The molecule has 0 amide bonds. The van der Waals surface area contributed by atoms with E-state index in [1.54, 1.807) is 13.2 Å². The molecule has 8 nitrogen and oxygen atoms in total. The molecule has 11 heteroatoms. The number of aryl methyl sites for hydroxylation is 1. The number of hydrogen-bond donors (Lipinski definition) is 5. The molecule has 19 heavy (non-hydrogen) atoms. The quantitative estimate of drug-likeness (QED) is 0.189. The molecule has 0 aliphatic heterocycles. The molecule has 0 aromatic carbocycles. The molecule has 0 atom stereocenters. The first-order chi connectivity index (χ1) is 7.97. The highest BCUT2D eigenvalue weighted by Crippen LogP contribution is 2.68. The van der Waals surface area contributed by atoms with Crippen LogP contribution >= 0.6 is 15.2 Å². The maximum Gasteiger partial charge on any atom is 0.369 e. The lowest BCUT2D eigenvalue weighted by atomic mass is 10.2. The Bertz CT molecular complexity index is 518. The van der Waals surface area contributed by atoms with Crippen LogP contribution in [0, 0.1) is 0 Å². The van der Waals surface area contributed by atoms with Crippen LogP contribution in [0.15, 0.2) is 24.5 Å². The van der Waals surface area contributed by atoms with E-state index in [2.05, 4.69) is 0 Å². The number of hydrogen-bond acceptors (Lipinski definition) is 3. The van der Waals surface area contributed by atoms with Gasteiger partial charge in [-0.25, -0.2) is 4.57 Å². The van der Waals surface area contributed by atoms with Crippen LogP contribution in [0.2, 0.25) is 0 Å². The van der Waals surface area contributed by atoms with Crippen molar-refractivity contribution in [1.82, 2.24) is 0 Å². The summed E-state index contributed by atoms with van der Waals surface area (Å²) >= 11 is 0. The first-order valence-electron chi connectivity index (χ1n) is 4.75. The van der Waals surface area contributed by atoms with E-state index in [4.69, 9.17) is 19.6 Å². The average molecular weight is 425 g/mol. The minimum Gasteiger partial charge on any atom is -1.00 e. The highest BCUT2D eigenvalue weighted by atomic mass is 127. The predicted molar refractivity (Wildman–Crippen MR) is 60.4 cm³/mol. The Kier molecular flexibility index (Phi) is 6.32. The Morgan fingerprint density at radius 2 is 1.68 bits per heavy atom. The molecule has 1 aromatic heterocycles. The Morgan fingerprint density at radius 3 is 2.05 bits per heavy atom. The fourth-order valence-electron chi connectivity index (χ4n) is 1.40. The molecular formula is C8H14INO7P2. The van der Waals surface area contributed by atoms with Gasteiger partial charge in [0.25, 0.3) is 5.08 Å². The zero-order valence-corrected chi connectivity index (χ0v) is 13.7. The van der Waals surface area contributed by atoms with E-state index in [1.807, 2.05) is 0 Å². The van der Waals surface area contributed by atoms with Gasteiger partial charge in [-0.3, -0.25) is 9.13 Å². The van der Waals surface area contributed by atoms with Crippen molar-refractivity contribution in [2.24, 2.45) is 7.05 Å². The molecule has 1 aromatic rings. The van der Waals surface area contributed by atoms with E-state index < -0.39 is 26.7 Å². The predicted octanol–water partition coefficient (Wildman–Crippen LogP) is -3.94. The molecule has 1 rings (SSSR count). The zero-order valence-electron chi connectivity index (χ0n) is 9.79. The van der Waals surface area contributed by atoms with Gasteiger partial charge in [-0.2, -0.15) is 0 Å². The number of rotatable bonds is 4. The second kappa shape index (κ2) is 6.28. The van der Waals surface area contributed by atoms with Crippen LogP contribution in [0.25, 0.3) is 0 Å². The molecule has 0 aliphatic carbocycles. The summed E-state index contributed by atoms with van der Waals surface area (Å²) in [5, 5.41) is 6.28. The van der Waals surface area contributed by atoms with Gasteiger partial charge in [0, 0.05) is 18.1 Å². The van der Waals surface area contributed by atoms with Gasteiger partial charge >= 0.3 is 15.2 Å². The third-order valence-electron chi connectivity index (χ3n) is 2.38. The van der Waals surface area contributed by atoms with Gasteiger partial charge in [0.05, 0.1) is 0 Å². The van der Waals surface area contributed by atoms with E-state index >= 15 is 0 Å². The van der Waals surface area contributed by atoms with Crippen LogP contribution < -0.4 is 28.5 Å². The van der Waals surface area contributed by atoms with Gasteiger partial charge in [-0.15, -0.1) is 0 Å². The summed E-state index contributed by atoms with van der Waals surface area (Å²) in [4.78, 5) is 35.9. The molecule has 0 unspecified atom stereocenters. The third kappa shape index (κ3) is 4.30. The number of halogens is 1. The van der Waals surface area contributed by atoms with Crippen molar-refractivity contribution in [3.05, 3.63) is 30.1 Å². The lowest BCUT2D eigenvalue weighted by molar-refractivity contribution is -0.671. The smallest absolute Gasteiger partial charge is 0.369 e. The van der Waals surface area contributed by atoms with E-state index in [0.29, 0.717) is 0 Å². The molecular weight excluding hydrogens is 411 g/mol. The number of aromatic nitrogens is 1. The fraction of sp³-hybridized carbons (Fsp3) is 0.375. The number of pyridine rings is 1. The molecule has 0 aliphatic rings. The summed E-state index contributed by atoms with van der Waals surface area (Å²) < 4.78 is 23.8. The monoisotopic (exact) mass is 425 g/mol. The Hall–Kier alpha value is 0.140. The average Bonchev–Trinajstić information content (AvgIpc) is 2.13. The van der Waals surface area contributed by atoms with Crippen LogP contribution in [0.5, 0.6) is 0 Å². The van der Waals surface area contributed by atoms with Crippen molar-refractivity contribution in [1.29, 1.82) is 0 Å². The molecule has 0 fully saturated rings. The topological polar surface area (TPSA) is 139 Å². The SMILES string of the molecule is C[n+]1cccc(CC(O)(P(=O)(O)O)P(=O)(O)O)c1.[I-]. The molecule has 0 bridgehead atoms. The standard InChI is InChI=1S/C8H13NO7P2.HI/c1-9-4-2-3-7(6-9)5-8(10,17(11,12)13)18(14,15)16;/h2-4,6,10H,5H2,1H3,(H3-,11,12,13,14,15,16);1H.